The van der Waals surface area contributed by atoms with Gasteiger partial charge in [0.1, 0.15) is 0 Å². The van der Waals surface area contributed by atoms with Crippen molar-refractivity contribution in [1.29, 1.82) is 0 Å². The lowest BCUT2D eigenvalue weighted by Gasteiger charge is -2.20. The molecule has 0 spiro atoms. The van der Waals surface area contributed by atoms with Crippen LogP contribution in [0.25, 0.3) is 0 Å². The minimum absolute atomic E-state index is 0.324. The fourth-order valence-electron chi connectivity index (χ4n) is 3.51. The van der Waals surface area contributed by atoms with Crippen LogP contribution in [0.3, 0.4) is 0 Å². The first kappa shape index (κ1) is 18.8. The van der Waals surface area contributed by atoms with Crippen LogP contribution in [0, 0.1) is 0 Å². The maximum Gasteiger partial charge on any atom is 0.231 e. The van der Waals surface area contributed by atoms with Gasteiger partial charge in [-0.2, -0.15) is 0 Å². The molecule has 1 saturated heterocycles. The van der Waals surface area contributed by atoms with E-state index in [1.54, 1.807) is 0 Å². The quantitative estimate of drug-likeness (QED) is 0.444. The molecule has 26 heavy (non-hydrogen) atoms. The van der Waals surface area contributed by atoms with Crippen molar-refractivity contribution in [3.63, 3.8) is 0 Å². The van der Waals surface area contributed by atoms with Crippen LogP contribution in [0.4, 0.5) is 0 Å². The lowest BCUT2D eigenvalue weighted by Crippen LogP contribution is -2.39. The predicted molar refractivity (Wildman–Crippen MR) is 105 cm³/mol. The van der Waals surface area contributed by atoms with Crippen molar-refractivity contribution in [2.75, 3.05) is 46.6 Å². The molecule has 144 valence electrons. The van der Waals surface area contributed by atoms with Crippen molar-refractivity contribution in [2.24, 2.45) is 4.99 Å². The van der Waals surface area contributed by atoms with Gasteiger partial charge in [-0.25, -0.2) is 0 Å². The highest BCUT2D eigenvalue weighted by molar-refractivity contribution is 5.79. The number of nitrogens with one attached hydrogen (secondary N) is 2. The molecule has 0 aliphatic carbocycles. The minimum atomic E-state index is 0.324. The maximum atomic E-state index is 5.43. The van der Waals surface area contributed by atoms with Crippen LogP contribution in [-0.4, -0.2) is 57.4 Å². The average Bonchev–Trinajstić information content (AvgIpc) is 2.97. The Morgan fingerprint density at radius 3 is 2.62 bits per heavy atom. The van der Waals surface area contributed by atoms with Gasteiger partial charge in [0.05, 0.1) is 0 Å². The summed E-state index contributed by atoms with van der Waals surface area (Å²) in [6.45, 7) is 5.84. The van der Waals surface area contributed by atoms with E-state index in [2.05, 4.69) is 32.7 Å². The Bertz CT molecular complexity index is 583. The van der Waals surface area contributed by atoms with Gasteiger partial charge < -0.3 is 25.0 Å². The highest BCUT2D eigenvalue weighted by Crippen LogP contribution is 2.32. The summed E-state index contributed by atoms with van der Waals surface area (Å²) in [6.07, 6.45) is 7.59. The minimum Gasteiger partial charge on any atom is -0.454 e. The average molecular weight is 361 g/mol. The molecule has 0 atom stereocenters. The van der Waals surface area contributed by atoms with Crippen LogP contribution in [0.2, 0.25) is 0 Å². The third-order valence-corrected chi connectivity index (χ3v) is 5.01. The van der Waals surface area contributed by atoms with Crippen molar-refractivity contribution >= 4 is 5.96 Å². The number of benzene rings is 1. The molecule has 0 aromatic heterocycles. The maximum absolute atomic E-state index is 5.43. The Balaban J connectivity index is 1.30. The third kappa shape index (κ3) is 5.80. The molecule has 6 heteroatoms. The number of hydrogen-bond acceptors (Lipinski definition) is 4. The number of nitrogens with zero attached hydrogens (tertiary/aromatic N) is 2. The number of fused-ring (bicyclic) bond motifs is 1. The largest absolute Gasteiger partial charge is 0.454 e. The van der Waals surface area contributed by atoms with E-state index < -0.39 is 0 Å². The summed E-state index contributed by atoms with van der Waals surface area (Å²) >= 11 is 0. The van der Waals surface area contributed by atoms with Gasteiger partial charge in [0.2, 0.25) is 6.79 Å². The van der Waals surface area contributed by atoms with Crippen LogP contribution in [0.1, 0.15) is 37.7 Å². The SMILES string of the molecule is CN=C(NCCCN1CCCCCC1)NCCc1ccc2c(c1)OCO2. The van der Waals surface area contributed by atoms with Crippen molar-refractivity contribution in [1.82, 2.24) is 15.5 Å². The summed E-state index contributed by atoms with van der Waals surface area (Å²) in [7, 11) is 1.82. The first-order valence-corrected chi connectivity index (χ1v) is 9.90. The summed E-state index contributed by atoms with van der Waals surface area (Å²) in [5, 5.41) is 6.81. The Hall–Kier alpha value is -1.95. The Kier molecular flexibility index (Phi) is 7.43. The summed E-state index contributed by atoms with van der Waals surface area (Å²) < 4.78 is 10.8. The van der Waals surface area contributed by atoms with E-state index in [0.29, 0.717) is 6.79 Å². The molecule has 2 heterocycles. The molecular formula is C20H32N4O2. The molecule has 1 fully saturated rings. The molecule has 2 aliphatic rings. The fourth-order valence-corrected chi connectivity index (χ4v) is 3.51. The smallest absolute Gasteiger partial charge is 0.231 e. The molecule has 0 saturated carbocycles. The molecule has 0 radical (unpaired) electrons. The van der Waals surface area contributed by atoms with Crippen LogP contribution in [-0.2, 0) is 6.42 Å². The Morgan fingerprint density at radius 2 is 1.81 bits per heavy atom. The highest BCUT2D eigenvalue weighted by Gasteiger charge is 2.13. The van der Waals surface area contributed by atoms with Gasteiger partial charge in [0.15, 0.2) is 17.5 Å². The lowest BCUT2D eigenvalue weighted by atomic mass is 10.1. The third-order valence-electron chi connectivity index (χ3n) is 5.01. The Morgan fingerprint density at radius 1 is 1.04 bits per heavy atom. The van der Waals surface area contributed by atoms with Crippen molar-refractivity contribution < 1.29 is 9.47 Å². The summed E-state index contributed by atoms with van der Waals surface area (Å²) in [4.78, 5) is 6.91. The first-order valence-electron chi connectivity index (χ1n) is 9.90. The molecule has 2 N–H and O–H groups in total. The topological polar surface area (TPSA) is 58.1 Å². The second kappa shape index (κ2) is 10.3. The van der Waals surface area contributed by atoms with E-state index in [1.165, 1.54) is 50.9 Å². The van der Waals surface area contributed by atoms with Gasteiger partial charge in [-0.3, -0.25) is 4.99 Å². The molecule has 0 amide bonds. The second-order valence-electron chi connectivity index (χ2n) is 6.97. The summed E-state index contributed by atoms with van der Waals surface area (Å²) in [5.74, 6) is 2.56. The van der Waals surface area contributed by atoms with Crippen LogP contribution in [0.5, 0.6) is 11.5 Å². The number of aliphatic imine (C=N–C) groups is 1. The molecule has 6 nitrogen and oxygen atoms in total. The zero-order valence-electron chi connectivity index (χ0n) is 15.9. The van der Waals surface area contributed by atoms with E-state index in [9.17, 15) is 0 Å². The fraction of sp³-hybridized carbons (Fsp3) is 0.650. The molecule has 0 bridgehead atoms. The standard InChI is InChI=1S/C20H32N4O2/c1-21-20(22-10-6-14-24-12-4-2-3-5-13-24)23-11-9-17-7-8-18-19(15-17)26-16-25-18/h7-8,15H,2-6,9-14,16H2,1H3,(H2,21,22,23). The van der Waals surface area contributed by atoms with Gasteiger partial charge >= 0.3 is 0 Å². The molecule has 0 unspecified atom stereocenters. The van der Waals surface area contributed by atoms with E-state index in [-0.39, 0.29) is 0 Å². The van der Waals surface area contributed by atoms with E-state index in [1.807, 2.05) is 13.1 Å². The van der Waals surface area contributed by atoms with Crippen LogP contribution in [0.15, 0.2) is 23.2 Å². The van der Waals surface area contributed by atoms with E-state index >= 15 is 0 Å². The number of hydrogen-bond donors (Lipinski definition) is 2. The van der Waals surface area contributed by atoms with Crippen LogP contribution < -0.4 is 20.1 Å². The summed E-state index contributed by atoms with van der Waals surface area (Å²) in [5.41, 5.74) is 1.23. The van der Waals surface area contributed by atoms with Crippen LogP contribution >= 0.6 is 0 Å². The number of rotatable bonds is 7. The predicted octanol–water partition coefficient (Wildman–Crippen LogP) is 2.39. The van der Waals surface area contributed by atoms with Gasteiger partial charge in [-0.15, -0.1) is 0 Å². The molecule has 1 aromatic rings. The van der Waals surface area contributed by atoms with Crippen molar-refractivity contribution in [3.8, 4) is 11.5 Å². The van der Waals surface area contributed by atoms with Gasteiger partial charge in [-0.05, 0) is 63.0 Å². The van der Waals surface area contributed by atoms with Crippen molar-refractivity contribution in [2.45, 2.75) is 38.5 Å². The van der Waals surface area contributed by atoms with Gasteiger partial charge in [0, 0.05) is 20.1 Å². The zero-order valence-corrected chi connectivity index (χ0v) is 15.9. The highest BCUT2D eigenvalue weighted by atomic mass is 16.7. The molecule has 3 rings (SSSR count). The number of guanidine groups is 1. The lowest BCUT2D eigenvalue weighted by molar-refractivity contribution is 0.174. The monoisotopic (exact) mass is 360 g/mol. The normalized spacial score (nSPS) is 17.8. The molecule has 1 aromatic carbocycles. The number of ether oxygens (including phenoxy) is 2. The first-order chi connectivity index (χ1) is 12.8. The summed E-state index contributed by atoms with van der Waals surface area (Å²) in [6, 6.07) is 6.13. The van der Waals surface area contributed by atoms with Crippen molar-refractivity contribution in [3.05, 3.63) is 23.8 Å². The second-order valence-corrected chi connectivity index (χ2v) is 6.97. The van der Waals surface area contributed by atoms with Gasteiger partial charge in [-0.1, -0.05) is 18.9 Å². The van der Waals surface area contributed by atoms with Gasteiger partial charge in [0.25, 0.3) is 0 Å². The molecule has 2 aliphatic heterocycles. The van der Waals surface area contributed by atoms with E-state index in [0.717, 1.165) is 43.4 Å². The zero-order chi connectivity index (χ0) is 18.0. The van der Waals surface area contributed by atoms with E-state index in [4.69, 9.17) is 9.47 Å². The number of likely N-dealkylation sites (tertiary alicyclic amines) is 1. The molecular weight excluding hydrogens is 328 g/mol. The Labute approximate surface area is 157 Å².